The van der Waals surface area contributed by atoms with Crippen molar-refractivity contribution in [2.45, 2.75) is 17.8 Å². The lowest BCUT2D eigenvalue weighted by atomic mass is 9.65. The Bertz CT molecular complexity index is 961. The Kier molecular flexibility index (Phi) is 4.32. The van der Waals surface area contributed by atoms with E-state index in [-0.39, 0.29) is 12.5 Å². The number of anilines is 1. The van der Waals surface area contributed by atoms with Gasteiger partial charge in [-0.25, -0.2) is 0 Å². The van der Waals surface area contributed by atoms with Crippen molar-refractivity contribution in [2.75, 3.05) is 25.7 Å². The molecule has 2 aromatic carbocycles. The van der Waals surface area contributed by atoms with Gasteiger partial charge in [0, 0.05) is 24.1 Å². The molecule has 0 aliphatic carbocycles. The highest BCUT2D eigenvalue weighted by Gasteiger charge is 2.60. The molecular formula is C20H17Cl2NO4. The van der Waals surface area contributed by atoms with Crippen LogP contribution in [0.1, 0.15) is 23.5 Å². The molecule has 0 N–H and O–H groups in total. The fraction of sp³-hybridized carbons (Fsp3) is 0.300. The number of ether oxygens (including phenoxy) is 2. The Hall–Kier alpha value is -2.24. The number of esters is 1. The van der Waals surface area contributed by atoms with Gasteiger partial charge in [-0.1, -0.05) is 41.4 Å². The summed E-state index contributed by atoms with van der Waals surface area (Å²) < 4.78 is 10.8. The van der Waals surface area contributed by atoms with Gasteiger partial charge in [0.25, 0.3) is 0 Å². The number of likely N-dealkylation sites (N-methyl/N-ethyl adjacent to an activating group) is 1. The van der Waals surface area contributed by atoms with Crippen molar-refractivity contribution >= 4 is 40.8 Å². The van der Waals surface area contributed by atoms with Gasteiger partial charge in [0.1, 0.15) is 11.7 Å². The van der Waals surface area contributed by atoms with Gasteiger partial charge in [-0.2, -0.15) is 0 Å². The summed E-state index contributed by atoms with van der Waals surface area (Å²) in [7, 11) is 3.19. The molecule has 1 fully saturated rings. The number of methoxy groups -OCH3 is 1. The first-order chi connectivity index (χ1) is 12.9. The van der Waals surface area contributed by atoms with Gasteiger partial charge < -0.3 is 14.4 Å². The monoisotopic (exact) mass is 405 g/mol. The number of halogens is 2. The maximum absolute atomic E-state index is 13.5. The number of rotatable bonds is 2. The molecule has 2 aromatic rings. The molecule has 7 heteroatoms. The minimum Gasteiger partial charge on any atom is -0.496 e. The number of cyclic esters (lactones) is 1. The second kappa shape index (κ2) is 6.43. The van der Waals surface area contributed by atoms with Gasteiger partial charge in [-0.05, 0) is 23.8 Å². The van der Waals surface area contributed by atoms with Crippen molar-refractivity contribution in [3.63, 3.8) is 0 Å². The van der Waals surface area contributed by atoms with E-state index < -0.39 is 17.3 Å². The topological polar surface area (TPSA) is 55.8 Å². The van der Waals surface area contributed by atoms with Crippen molar-refractivity contribution in [2.24, 2.45) is 0 Å². The standard InChI is InChI=1S/C20H17Cl2NO4/c1-23-17-13(9-11(21)10-14(17)22)20(19(23)25)7-8-27-18(24)16(20)12-5-3-4-6-15(12)26-2/h3-6,9-10,16H,7-8H2,1-2H3/t16-,20-/m1/s1. The molecule has 0 bridgehead atoms. The molecule has 2 atom stereocenters. The summed E-state index contributed by atoms with van der Waals surface area (Å²) in [6, 6.07) is 10.5. The Morgan fingerprint density at radius 1 is 1.22 bits per heavy atom. The zero-order chi connectivity index (χ0) is 19.3. The molecule has 140 valence electrons. The molecule has 5 nitrogen and oxygen atoms in total. The number of carbonyl (C=O) groups excluding carboxylic acids is 2. The second-order valence-electron chi connectivity index (χ2n) is 6.71. The van der Waals surface area contributed by atoms with Gasteiger partial charge in [-0.15, -0.1) is 0 Å². The summed E-state index contributed by atoms with van der Waals surface area (Å²) >= 11 is 12.7. The SMILES string of the molecule is COc1ccccc1[C@@H]1C(=O)OCC[C@]12C(=O)N(C)c1c(Cl)cc(Cl)cc12. The second-order valence-corrected chi connectivity index (χ2v) is 7.56. The van der Waals surface area contributed by atoms with E-state index in [1.54, 1.807) is 31.3 Å². The van der Waals surface area contributed by atoms with Crippen LogP contribution >= 0.6 is 23.2 Å². The molecule has 1 saturated heterocycles. The molecule has 4 rings (SSSR count). The third-order valence-electron chi connectivity index (χ3n) is 5.45. The summed E-state index contributed by atoms with van der Waals surface area (Å²) in [6.45, 7) is 0.146. The van der Waals surface area contributed by atoms with E-state index in [0.717, 1.165) is 0 Å². The predicted molar refractivity (Wildman–Crippen MR) is 103 cm³/mol. The summed E-state index contributed by atoms with van der Waals surface area (Å²) in [5, 5.41) is 0.793. The minimum absolute atomic E-state index is 0.146. The maximum atomic E-state index is 13.5. The van der Waals surface area contributed by atoms with Crippen LogP contribution in [0.4, 0.5) is 5.69 Å². The van der Waals surface area contributed by atoms with Crippen LogP contribution in [-0.4, -0.2) is 32.6 Å². The molecule has 27 heavy (non-hydrogen) atoms. The minimum atomic E-state index is -1.14. The maximum Gasteiger partial charge on any atom is 0.315 e. The van der Waals surface area contributed by atoms with Gasteiger partial charge in [-0.3, -0.25) is 9.59 Å². The number of amides is 1. The first-order valence-corrected chi connectivity index (χ1v) is 9.24. The van der Waals surface area contributed by atoms with Crippen molar-refractivity contribution in [1.82, 2.24) is 0 Å². The molecule has 0 unspecified atom stereocenters. The molecule has 2 aliphatic heterocycles. The highest BCUT2D eigenvalue weighted by molar-refractivity contribution is 6.38. The quantitative estimate of drug-likeness (QED) is 0.709. The van der Waals surface area contributed by atoms with Crippen LogP contribution in [-0.2, 0) is 19.7 Å². The highest BCUT2D eigenvalue weighted by Crippen LogP contribution is 2.57. The average Bonchev–Trinajstić information content (AvgIpc) is 2.84. The summed E-state index contributed by atoms with van der Waals surface area (Å²) in [5.74, 6) is -0.989. The summed E-state index contributed by atoms with van der Waals surface area (Å²) in [5.41, 5.74) is 0.707. The molecule has 0 saturated carbocycles. The lowest BCUT2D eigenvalue weighted by Gasteiger charge is -2.39. The van der Waals surface area contributed by atoms with Crippen LogP contribution in [0, 0.1) is 0 Å². The number of carbonyl (C=O) groups is 2. The lowest BCUT2D eigenvalue weighted by Crippen LogP contribution is -2.50. The fourth-order valence-corrected chi connectivity index (χ4v) is 4.94. The average molecular weight is 406 g/mol. The molecule has 2 aliphatic rings. The molecule has 0 radical (unpaired) electrons. The predicted octanol–water partition coefficient (Wildman–Crippen LogP) is 3.95. The number of hydrogen-bond acceptors (Lipinski definition) is 4. The van der Waals surface area contributed by atoms with E-state index in [1.165, 1.54) is 12.0 Å². The Morgan fingerprint density at radius 2 is 1.96 bits per heavy atom. The van der Waals surface area contributed by atoms with Crippen LogP contribution in [0.2, 0.25) is 10.0 Å². The van der Waals surface area contributed by atoms with Crippen LogP contribution in [0.15, 0.2) is 36.4 Å². The first-order valence-electron chi connectivity index (χ1n) is 8.49. The molecular weight excluding hydrogens is 389 g/mol. The number of para-hydroxylation sites is 1. The normalized spacial score (nSPS) is 24.1. The van der Waals surface area contributed by atoms with Crippen LogP contribution in [0.5, 0.6) is 5.75 Å². The highest BCUT2D eigenvalue weighted by atomic mass is 35.5. The third kappa shape index (κ3) is 2.45. The van der Waals surface area contributed by atoms with Crippen molar-refractivity contribution in [3.8, 4) is 5.75 Å². The third-order valence-corrected chi connectivity index (χ3v) is 5.96. The first kappa shape index (κ1) is 18.1. The zero-order valence-corrected chi connectivity index (χ0v) is 16.3. The molecule has 0 aromatic heterocycles. The van der Waals surface area contributed by atoms with Crippen LogP contribution < -0.4 is 9.64 Å². The van der Waals surface area contributed by atoms with Crippen molar-refractivity contribution in [1.29, 1.82) is 0 Å². The molecule has 2 heterocycles. The summed E-state index contributed by atoms with van der Waals surface area (Å²) in [4.78, 5) is 28.0. The fourth-order valence-electron chi connectivity index (χ4n) is 4.32. The van der Waals surface area contributed by atoms with Crippen molar-refractivity contribution in [3.05, 3.63) is 57.6 Å². The van der Waals surface area contributed by atoms with Gasteiger partial charge in [0.2, 0.25) is 5.91 Å². The van der Waals surface area contributed by atoms with E-state index in [2.05, 4.69) is 0 Å². The Labute approximate surface area is 166 Å². The number of benzene rings is 2. The van der Waals surface area contributed by atoms with E-state index in [0.29, 0.717) is 39.0 Å². The van der Waals surface area contributed by atoms with Crippen LogP contribution in [0.25, 0.3) is 0 Å². The zero-order valence-electron chi connectivity index (χ0n) is 14.8. The van der Waals surface area contributed by atoms with E-state index in [4.69, 9.17) is 32.7 Å². The number of hydrogen-bond donors (Lipinski definition) is 0. The number of fused-ring (bicyclic) bond motifs is 2. The molecule has 1 spiro atoms. The summed E-state index contributed by atoms with van der Waals surface area (Å²) in [6.07, 6.45) is 0.342. The Morgan fingerprint density at radius 3 is 2.70 bits per heavy atom. The van der Waals surface area contributed by atoms with E-state index in [1.807, 2.05) is 12.1 Å². The largest absolute Gasteiger partial charge is 0.496 e. The lowest BCUT2D eigenvalue weighted by molar-refractivity contribution is -0.156. The van der Waals surface area contributed by atoms with Gasteiger partial charge in [0.15, 0.2) is 0 Å². The smallest absolute Gasteiger partial charge is 0.315 e. The van der Waals surface area contributed by atoms with E-state index >= 15 is 0 Å². The van der Waals surface area contributed by atoms with E-state index in [9.17, 15) is 9.59 Å². The van der Waals surface area contributed by atoms with Crippen molar-refractivity contribution < 1.29 is 19.1 Å². The number of nitrogens with zero attached hydrogens (tertiary/aromatic N) is 1. The van der Waals surface area contributed by atoms with Gasteiger partial charge >= 0.3 is 5.97 Å². The Balaban J connectivity index is 2.03. The van der Waals surface area contributed by atoms with Crippen LogP contribution in [0.3, 0.4) is 0 Å². The van der Waals surface area contributed by atoms with Gasteiger partial charge in [0.05, 0.1) is 29.8 Å². The molecule has 1 amide bonds.